The van der Waals surface area contributed by atoms with Gasteiger partial charge in [-0.2, -0.15) is 0 Å². The molecule has 0 aromatic carbocycles. The molecule has 1 heterocycles. The van der Waals surface area contributed by atoms with Crippen molar-refractivity contribution in [1.29, 1.82) is 0 Å². The SMILES string of the molecule is COC(=O)C1CC(N(C)CC(C)C)CN(C)C1. The van der Waals surface area contributed by atoms with Gasteiger partial charge in [-0.3, -0.25) is 4.79 Å². The Morgan fingerprint density at radius 1 is 1.47 bits per heavy atom. The van der Waals surface area contributed by atoms with Gasteiger partial charge in [-0.15, -0.1) is 0 Å². The van der Waals surface area contributed by atoms with Gasteiger partial charge in [0, 0.05) is 25.7 Å². The van der Waals surface area contributed by atoms with Crippen molar-refractivity contribution in [2.75, 3.05) is 40.8 Å². The van der Waals surface area contributed by atoms with Crippen LogP contribution >= 0.6 is 0 Å². The second kappa shape index (κ2) is 6.36. The minimum Gasteiger partial charge on any atom is -0.469 e. The Hall–Kier alpha value is -0.610. The van der Waals surface area contributed by atoms with Gasteiger partial charge in [-0.05, 0) is 26.4 Å². The summed E-state index contributed by atoms with van der Waals surface area (Å²) in [4.78, 5) is 16.2. The van der Waals surface area contributed by atoms with Crippen LogP contribution in [0.5, 0.6) is 0 Å². The van der Waals surface area contributed by atoms with Crippen LogP contribution in [0.2, 0.25) is 0 Å². The first-order valence-corrected chi connectivity index (χ1v) is 6.40. The third-order valence-electron chi connectivity index (χ3n) is 3.42. The van der Waals surface area contributed by atoms with Crippen LogP contribution in [-0.2, 0) is 9.53 Å². The molecule has 2 atom stereocenters. The Bertz CT molecular complexity index is 256. The maximum atomic E-state index is 11.6. The van der Waals surface area contributed by atoms with Gasteiger partial charge in [0.2, 0.25) is 0 Å². The van der Waals surface area contributed by atoms with Gasteiger partial charge >= 0.3 is 5.97 Å². The van der Waals surface area contributed by atoms with Gasteiger partial charge < -0.3 is 14.5 Å². The number of rotatable bonds is 4. The van der Waals surface area contributed by atoms with Crippen LogP contribution in [0.3, 0.4) is 0 Å². The lowest BCUT2D eigenvalue weighted by Gasteiger charge is -2.39. The molecule has 0 bridgehead atoms. The highest BCUT2D eigenvalue weighted by atomic mass is 16.5. The normalized spacial score (nSPS) is 26.5. The predicted octanol–water partition coefficient (Wildman–Crippen LogP) is 1.07. The van der Waals surface area contributed by atoms with Crippen molar-refractivity contribution in [1.82, 2.24) is 9.80 Å². The van der Waals surface area contributed by atoms with Crippen molar-refractivity contribution in [2.24, 2.45) is 11.8 Å². The van der Waals surface area contributed by atoms with E-state index in [1.54, 1.807) is 0 Å². The van der Waals surface area contributed by atoms with E-state index in [4.69, 9.17) is 4.74 Å². The molecule has 2 unspecified atom stereocenters. The van der Waals surface area contributed by atoms with Crippen LogP contribution in [0, 0.1) is 11.8 Å². The molecule has 17 heavy (non-hydrogen) atoms. The third-order valence-corrected chi connectivity index (χ3v) is 3.42. The first kappa shape index (κ1) is 14.5. The Morgan fingerprint density at radius 2 is 2.12 bits per heavy atom. The molecule has 0 N–H and O–H groups in total. The van der Waals surface area contributed by atoms with Crippen molar-refractivity contribution in [3.05, 3.63) is 0 Å². The van der Waals surface area contributed by atoms with E-state index in [0.717, 1.165) is 26.1 Å². The molecular weight excluding hydrogens is 216 g/mol. The molecule has 1 rings (SSSR count). The number of ether oxygens (including phenoxy) is 1. The molecule has 4 nitrogen and oxygen atoms in total. The van der Waals surface area contributed by atoms with Crippen molar-refractivity contribution < 1.29 is 9.53 Å². The highest BCUT2D eigenvalue weighted by Gasteiger charge is 2.32. The largest absolute Gasteiger partial charge is 0.469 e. The number of nitrogens with zero attached hydrogens (tertiary/aromatic N) is 2. The fraction of sp³-hybridized carbons (Fsp3) is 0.923. The van der Waals surface area contributed by atoms with Crippen molar-refractivity contribution in [3.63, 3.8) is 0 Å². The maximum Gasteiger partial charge on any atom is 0.310 e. The van der Waals surface area contributed by atoms with Crippen LogP contribution in [0.4, 0.5) is 0 Å². The molecule has 1 aliphatic heterocycles. The molecule has 0 aliphatic carbocycles. The fourth-order valence-corrected chi connectivity index (χ4v) is 2.67. The highest BCUT2D eigenvalue weighted by molar-refractivity contribution is 5.72. The summed E-state index contributed by atoms with van der Waals surface area (Å²) in [6.45, 7) is 7.38. The molecule has 0 saturated carbocycles. The number of likely N-dealkylation sites (N-methyl/N-ethyl adjacent to an activating group) is 2. The second-order valence-electron chi connectivity index (χ2n) is 5.66. The standard InChI is InChI=1S/C13H26N2O2/c1-10(2)7-15(4)12-6-11(13(16)17-5)8-14(3)9-12/h10-12H,6-9H2,1-5H3. The predicted molar refractivity (Wildman–Crippen MR) is 68.9 cm³/mol. The lowest BCUT2D eigenvalue weighted by Crippen LogP contribution is -2.50. The summed E-state index contributed by atoms with van der Waals surface area (Å²) in [5.41, 5.74) is 0. The van der Waals surface area contributed by atoms with Gasteiger partial charge in [0.15, 0.2) is 0 Å². The van der Waals surface area contributed by atoms with E-state index in [9.17, 15) is 4.79 Å². The van der Waals surface area contributed by atoms with Gasteiger partial charge in [0.05, 0.1) is 13.0 Å². The summed E-state index contributed by atoms with van der Waals surface area (Å²) in [7, 11) is 5.70. The first-order chi connectivity index (χ1) is 7.93. The smallest absolute Gasteiger partial charge is 0.310 e. The zero-order chi connectivity index (χ0) is 13.0. The number of piperidine rings is 1. The topological polar surface area (TPSA) is 32.8 Å². The minimum absolute atomic E-state index is 0.0263. The van der Waals surface area contributed by atoms with Crippen LogP contribution in [0.1, 0.15) is 20.3 Å². The summed E-state index contributed by atoms with van der Waals surface area (Å²) in [5.74, 6) is 0.613. The average molecular weight is 242 g/mol. The number of carbonyl (C=O) groups is 1. The van der Waals surface area contributed by atoms with Crippen LogP contribution < -0.4 is 0 Å². The number of hydrogen-bond donors (Lipinski definition) is 0. The number of hydrogen-bond acceptors (Lipinski definition) is 4. The lowest BCUT2D eigenvalue weighted by atomic mass is 9.93. The lowest BCUT2D eigenvalue weighted by molar-refractivity contribution is -0.148. The van der Waals surface area contributed by atoms with E-state index in [2.05, 4.69) is 37.7 Å². The zero-order valence-corrected chi connectivity index (χ0v) is 11.8. The fourth-order valence-electron chi connectivity index (χ4n) is 2.67. The van der Waals surface area contributed by atoms with Crippen LogP contribution in [-0.4, -0.2) is 62.7 Å². The minimum atomic E-state index is -0.0699. The van der Waals surface area contributed by atoms with E-state index in [1.807, 2.05) is 0 Å². The molecule has 0 amide bonds. The Labute approximate surface area is 105 Å². The molecule has 100 valence electrons. The molecule has 1 fully saturated rings. The Morgan fingerprint density at radius 3 is 2.65 bits per heavy atom. The second-order valence-corrected chi connectivity index (χ2v) is 5.66. The summed E-state index contributed by atoms with van der Waals surface area (Å²) in [6.07, 6.45) is 0.917. The number of methoxy groups -OCH3 is 1. The summed E-state index contributed by atoms with van der Waals surface area (Å²) in [6, 6.07) is 0.459. The molecule has 1 saturated heterocycles. The maximum absolute atomic E-state index is 11.6. The molecule has 4 heteroatoms. The molecule has 0 aromatic heterocycles. The highest BCUT2D eigenvalue weighted by Crippen LogP contribution is 2.21. The zero-order valence-electron chi connectivity index (χ0n) is 11.8. The quantitative estimate of drug-likeness (QED) is 0.690. The number of carbonyl (C=O) groups excluding carboxylic acids is 1. The van der Waals surface area contributed by atoms with Gasteiger partial charge in [0.1, 0.15) is 0 Å². The first-order valence-electron chi connectivity index (χ1n) is 6.40. The monoisotopic (exact) mass is 242 g/mol. The van der Waals surface area contributed by atoms with E-state index >= 15 is 0 Å². The third kappa shape index (κ3) is 4.28. The van der Waals surface area contributed by atoms with Gasteiger partial charge in [-0.1, -0.05) is 13.8 Å². The number of esters is 1. The average Bonchev–Trinajstić information content (AvgIpc) is 2.26. The van der Waals surface area contributed by atoms with Crippen molar-refractivity contribution >= 4 is 5.97 Å². The van der Waals surface area contributed by atoms with Crippen molar-refractivity contribution in [2.45, 2.75) is 26.3 Å². The Kier molecular flexibility index (Phi) is 5.40. The van der Waals surface area contributed by atoms with Gasteiger partial charge in [0.25, 0.3) is 0 Å². The van der Waals surface area contributed by atoms with E-state index in [-0.39, 0.29) is 11.9 Å². The van der Waals surface area contributed by atoms with Gasteiger partial charge in [-0.25, -0.2) is 0 Å². The molecule has 0 radical (unpaired) electrons. The summed E-state index contributed by atoms with van der Waals surface area (Å²) >= 11 is 0. The summed E-state index contributed by atoms with van der Waals surface area (Å²) in [5, 5.41) is 0. The molecule has 0 aromatic rings. The molecule has 1 aliphatic rings. The van der Waals surface area contributed by atoms with Crippen molar-refractivity contribution in [3.8, 4) is 0 Å². The summed E-state index contributed by atoms with van der Waals surface area (Å²) < 4.78 is 4.86. The van der Waals surface area contributed by atoms with E-state index in [1.165, 1.54) is 7.11 Å². The molecule has 0 spiro atoms. The molecular formula is C13H26N2O2. The van der Waals surface area contributed by atoms with Crippen LogP contribution in [0.15, 0.2) is 0 Å². The Balaban J connectivity index is 2.58. The van der Waals surface area contributed by atoms with E-state index in [0.29, 0.717) is 12.0 Å². The number of likely N-dealkylation sites (tertiary alicyclic amines) is 1. The van der Waals surface area contributed by atoms with Crippen LogP contribution in [0.25, 0.3) is 0 Å². The van der Waals surface area contributed by atoms with E-state index < -0.39 is 0 Å².